The molecule has 1 amide bonds. The third kappa shape index (κ3) is 2.53. The molecule has 0 fully saturated rings. The molecule has 0 radical (unpaired) electrons. The lowest BCUT2D eigenvalue weighted by Gasteiger charge is -2.20. The molecule has 0 atom stereocenters. The normalized spacial score (nSPS) is 10.1. The Bertz CT molecular complexity index is 543. The summed E-state index contributed by atoms with van der Waals surface area (Å²) in [6.45, 7) is -0.395. The van der Waals surface area contributed by atoms with Gasteiger partial charge in [-0.1, -0.05) is 41.9 Å². The minimum absolute atomic E-state index is 0.325. The second-order valence-electron chi connectivity index (χ2n) is 3.69. The van der Waals surface area contributed by atoms with E-state index in [4.69, 9.17) is 11.6 Å². The summed E-state index contributed by atoms with van der Waals surface area (Å²) in [5.41, 5.74) is 1.00. The van der Waals surface area contributed by atoms with E-state index in [0.717, 1.165) is 0 Å². The van der Waals surface area contributed by atoms with E-state index in [1.165, 1.54) is 4.90 Å². The summed E-state index contributed by atoms with van der Waals surface area (Å²) in [6, 6.07) is 15.7. The van der Waals surface area contributed by atoms with Gasteiger partial charge in [-0.05, 0) is 24.3 Å². The molecule has 0 unspecified atom stereocenters. The van der Waals surface area contributed by atoms with Crippen LogP contribution in [0.25, 0.3) is 0 Å². The number of para-hydroxylation sites is 1. The monoisotopic (exact) mass is 261 g/mol. The molecule has 92 valence electrons. The Labute approximate surface area is 110 Å². The minimum atomic E-state index is -0.395. The minimum Gasteiger partial charge on any atom is -0.376 e. The smallest absolute Gasteiger partial charge is 0.261 e. The molecule has 0 bridgehead atoms. The molecule has 0 saturated carbocycles. The van der Waals surface area contributed by atoms with Crippen LogP contribution in [0.3, 0.4) is 0 Å². The van der Waals surface area contributed by atoms with E-state index in [9.17, 15) is 9.90 Å². The lowest BCUT2D eigenvalue weighted by atomic mass is 10.2. The quantitative estimate of drug-likeness (QED) is 0.863. The van der Waals surface area contributed by atoms with E-state index in [1.807, 2.05) is 6.07 Å². The van der Waals surface area contributed by atoms with Crippen LogP contribution >= 0.6 is 11.6 Å². The molecule has 0 spiro atoms. The number of anilines is 1. The molecule has 4 heteroatoms. The molecule has 0 heterocycles. The number of hydrogen-bond donors (Lipinski definition) is 1. The van der Waals surface area contributed by atoms with Gasteiger partial charge in [0.2, 0.25) is 0 Å². The highest BCUT2D eigenvalue weighted by molar-refractivity contribution is 6.34. The lowest BCUT2D eigenvalue weighted by molar-refractivity contribution is 0.0960. The van der Waals surface area contributed by atoms with Gasteiger partial charge in [0, 0.05) is 5.69 Å². The molecule has 2 aromatic rings. The van der Waals surface area contributed by atoms with E-state index in [1.54, 1.807) is 48.5 Å². The van der Waals surface area contributed by atoms with Crippen molar-refractivity contribution in [2.45, 2.75) is 0 Å². The topological polar surface area (TPSA) is 40.5 Å². The zero-order valence-corrected chi connectivity index (χ0v) is 10.3. The molecule has 18 heavy (non-hydrogen) atoms. The van der Waals surface area contributed by atoms with E-state index < -0.39 is 6.73 Å². The predicted molar refractivity (Wildman–Crippen MR) is 71.8 cm³/mol. The van der Waals surface area contributed by atoms with Gasteiger partial charge < -0.3 is 5.11 Å². The molecule has 2 rings (SSSR count). The fourth-order valence-corrected chi connectivity index (χ4v) is 1.87. The number of amides is 1. The van der Waals surface area contributed by atoms with Crippen LogP contribution in [0.2, 0.25) is 5.02 Å². The standard InChI is InChI=1S/C14H12ClNO2/c15-13-9-5-4-8-12(13)14(18)16(10-17)11-6-2-1-3-7-11/h1-9,17H,10H2. The SMILES string of the molecule is O=C(c1ccccc1Cl)N(CO)c1ccccc1. The van der Waals surface area contributed by atoms with Crippen LogP contribution in [-0.2, 0) is 0 Å². The van der Waals surface area contributed by atoms with Crippen molar-refractivity contribution in [1.82, 2.24) is 0 Å². The van der Waals surface area contributed by atoms with Crippen molar-refractivity contribution < 1.29 is 9.90 Å². The molecule has 0 aromatic heterocycles. The first-order valence-corrected chi connectivity index (χ1v) is 5.84. The molecule has 0 aliphatic heterocycles. The van der Waals surface area contributed by atoms with Crippen molar-refractivity contribution in [2.24, 2.45) is 0 Å². The fourth-order valence-electron chi connectivity index (χ4n) is 1.65. The van der Waals surface area contributed by atoms with Gasteiger partial charge in [0.15, 0.2) is 0 Å². The molecule has 1 N–H and O–H groups in total. The van der Waals surface area contributed by atoms with Crippen LogP contribution in [0.1, 0.15) is 10.4 Å². The number of halogens is 1. The third-order valence-corrected chi connectivity index (χ3v) is 2.89. The van der Waals surface area contributed by atoms with Gasteiger partial charge in [-0.3, -0.25) is 9.69 Å². The van der Waals surface area contributed by atoms with Crippen molar-refractivity contribution in [1.29, 1.82) is 0 Å². The first-order valence-electron chi connectivity index (χ1n) is 5.46. The Morgan fingerprint density at radius 3 is 2.28 bits per heavy atom. The highest BCUT2D eigenvalue weighted by Gasteiger charge is 2.18. The van der Waals surface area contributed by atoms with Crippen molar-refractivity contribution in [3.63, 3.8) is 0 Å². The summed E-state index contributed by atoms with van der Waals surface area (Å²) in [6.07, 6.45) is 0. The second-order valence-corrected chi connectivity index (χ2v) is 4.10. The summed E-state index contributed by atoms with van der Waals surface area (Å²) in [5.74, 6) is -0.325. The van der Waals surface area contributed by atoms with Gasteiger partial charge in [0.25, 0.3) is 5.91 Å². The van der Waals surface area contributed by atoms with E-state index in [2.05, 4.69) is 0 Å². The number of benzene rings is 2. The molecular weight excluding hydrogens is 250 g/mol. The highest BCUT2D eigenvalue weighted by Crippen LogP contribution is 2.21. The average Bonchev–Trinajstić information content (AvgIpc) is 2.41. The molecular formula is C14H12ClNO2. The van der Waals surface area contributed by atoms with Crippen LogP contribution in [0.15, 0.2) is 54.6 Å². The second kappa shape index (κ2) is 5.67. The zero-order chi connectivity index (χ0) is 13.0. The van der Waals surface area contributed by atoms with Crippen LogP contribution < -0.4 is 4.90 Å². The Morgan fingerprint density at radius 2 is 1.67 bits per heavy atom. The Morgan fingerprint density at radius 1 is 1.06 bits per heavy atom. The summed E-state index contributed by atoms with van der Waals surface area (Å²) in [4.78, 5) is 13.5. The van der Waals surface area contributed by atoms with Crippen molar-refractivity contribution in [3.8, 4) is 0 Å². The fraction of sp³-hybridized carbons (Fsp3) is 0.0714. The Balaban J connectivity index is 2.35. The van der Waals surface area contributed by atoms with Gasteiger partial charge in [-0.25, -0.2) is 0 Å². The largest absolute Gasteiger partial charge is 0.376 e. The van der Waals surface area contributed by atoms with Gasteiger partial charge in [-0.2, -0.15) is 0 Å². The van der Waals surface area contributed by atoms with Crippen molar-refractivity contribution in [2.75, 3.05) is 11.6 Å². The number of rotatable bonds is 3. The van der Waals surface area contributed by atoms with Crippen molar-refractivity contribution in [3.05, 3.63) is 65.2 Å². The number of aliphatic hydroxyl groups is 1. The lowest BCUT2D eigenvalue weighted by Crippen LogP contribution is -2.31. The third-order valence-electron chi connectivity index (χ3n) is 2.56. The van der Waals surface area contributed by atoms with Gasteiger partial charge >= 0.3 is 0 Å². The number of hydrogen-bond acceptors (Lipinski definition) is 2. The summed E-state index contributed by atoms with van der Waals surface area (Å²) in [5, 5.41) is 9.74. The molecule has 0 saturated heterocycles. The van der Waals surface area contributed by atoms with Crippen LogP contribution in [-0.4, -0.2) is 17.7 Å². The predicted octanol–water partition coefficient (Wildman–Crippen LogP) is 2.94. The molecule has 3 nitrogen and oxygen atoms in total. The van der Waals surface area contributed by atoms with Gasteiger partial charge in [0.1, 0.15) is 6.73 Å². The van der Waals surface area contributed by atoms with Crippen LogP contribution in [0.4, 0.5) is 5.69 Å². The summed E-state index contributed by atoms with van der Waals surface area (Å²) >= 11 is 5.98. The molecule has 0 aliphatic rings. The maximum Gasteiger partial charge on any atom is 0.261 e. The summed E-state index contributed by atoms with van der Waals surface area (Å²) in [7, 11) is 0. The van der Waals surface area contributed by atoms with Crippen molar-refractivity contribution >= 4 is 23.2 Å². The number of carbonyl (C=O) groups is 1. The highest BCUT2D eigenvalue weighted by atomic mass is 35.5. The van der Waals surface area contributed by atoms with E-state index in [-0.39, 0.29) is 5.91 Å². The number of nitrogens with zero attached hydrogens (tertiary/aromatic N) is 1. The van der Waals surface area contributed by atoms with E-state index >= 15 is 0 Å². The van der Waals surface area contributed by atoms with Gasteiger partial charge in [-0.15, -0.1) is 0 Å². The maximum atomic E-state index is 12.3. The first-order chi connectivity index (χ1) is 8.74. The zero-order valence-electron chi connectivity index (χ0n) is 9.58. The Kier molecular flexibility index (Phi) is 3.97. The van der Waals surface area contributed by atoms with Gasteiger partial charge in [0.05, 0.1) is 10.6 Å². The molecule has 0 aliphatic carbocycles. The summed E-state index contributed by atoms with van der Waals surface area (Å²) < 4.78 is 0. The Hall–Kier alpha value is -1.84. The maximum absolute atomic E-state index is 12.3. The van der Waals surface area contributed by atoms with Crippen LogP contribution in [0.5, 0.6) is 0 Å². The van der Waals surface area contributed by atoms with Crippen LogP contribution in [0, 0.1) is 0 Å². The first kappa shape index (κ1) is 12.6. The van der Waals surface area contributed by atoms with E-state index in [0.29, 0.717) is 16.3 Å². The number of carbonyl (C=O) groups excluding carboxylic acids is 1. The molecule has 2 aromatic carbocycles. The average molecular weight is 262 g/mol. The number of aliphatic hydroxyl groups excluding tert-OH is 1.